The fourth-order valence-corrected chi connectivity index (χ4v) is 3.35. The van der Waals surface area contributed by atoms with Crippen molar-refractivity contribution < 1.29 is 4.42 Å². The van der Waals surface area contributed by atoms with Gasteiger partial charge in [0.25, 0.3) is 0 Å². The molecule has 3 nitrogen and oxygen atoms in total. The summed E-state index contributed by atoms with van der Waals surface area (Å²) >= 11 is 0. The molecule has 21 heavy (non-hydrogen) atoms. The average Bonchev–Trinajstić information content (AvgIpc) is 3.12. The molecule has 2 aromatic rings. The van der Waals surface area contributed by atoms with Crippen molar-refractivity contribution in [2.45, 2.75) is 32.7 Å². The lowest BCUT2D eigenvalue weighted by Gasteiger charge is -2.23. The van der Waals surface area contributed by atoms with Crippen LogP contribution in [0.2, 0.25) is 0 Å². The van der Waals surface area contributed by atoms with Crippen molar-refractivity contribution in [2.24, 2.45) is 5.92 Å². The van der Waals surface area contributed by atoms with Crippen molar-refractivity contribution in [2.75, 3.05) is 26.2 Å². The second-order valence-electron chi connectivity index (χ2n) is 6.12. The van der Waals surface area contributed by atoms with Gasteiger partial charge in [-0.3, -0.25) is 0 Å². The molecule has 1 aromatic heterocycles. The number of fused-ring (bicyclic) bond motifs is 1. The van der Waals surface area contributed by atoms with E-state index in [9.17, 15) is 0 Å². The molecule has 1 aliphatic heterocycles. The highest BCUT2D eigenvalue weighted by Gasteiger charge is 2.25. The number of benzene rings is 1. The molecule has 1 saturated heterocycles. The summed E-state index contributed by atoms with van der Waals surface area (Å²) in [6.07, 6.45) is 2.64. The summed E-state index contributed by atoms with van der Waals surface area (Å²) in [5.74, 6) is 1.95. The first-order valence-electron chi connectivity index (χ1n) is 8.24. The zero-order chi connectivity index (χ0) is 14.7. The van der Waals surface area contributed by atoms with Crippen molar-refractivity contribution in [1.29, 1.82) is 0 Å². The molecule has 1 aromatic carbocycles. The highest BCUT2D eigenvalue weighted by molar-refractivity contribution is 5.77. The van der Waals surface area contributed by atoms with Crippen LogP contribution in [-0.2, 0) is 0 Å². The number of para-hydroxylation sites is 1. The van der Waals surface area contributed by atoms with E-state index >= 15 is 0 Å². The highest BCUT2D eigenvalue weighted by Crippen LogP contribution is 2.26. The summed E-state index contributed by atoms with van der Waals surface area (Å²) in [5.41, 5.74) is 0.989. The fraction of sp³-hybridized carbons (Fsp3) is 0.556. The highest BCUT2D eigenvalue weighted by atomic mass is 16.3. The van der Waals surface area contributed by atoms with Crippen LogP contribution in [0.3, 0.4) is 0 Å². The molecular formula is C18H26N2O. The van der Waals surface area contributed by atoms with E-state index in [1.54, 1.807) is 0 Å². The number of rotatable bonds is 6. The maximum absolute atomic E-state index is 6.06. The van der Waals surface area contributed by atoms with Crippen LogP contribution in [0.5, 0.6) is 0 Å². The van der Waals surface area contributed by atoms with Crippen LogP contribution in [0.15, 0.2) is 34.7 Å². The molecule has 2 unspecified atom stereocenters. The quantitative estimate of drug-likeness (QED) is 0.875. The predicted molar refractivity (Wildman–Crippen MR) is 87.5 cm³/mol. The van der Waals surface area contributed by atoms with Gasteiger partial charge in [0.2, 0.25) is 0 Å². The standard InChI is InChI=1S/C18H26N2O/c1-3-14-9-10-20(12-14)13-16(19-4-2)18-11-15-7-5-6-8-17(15)21-18/h5-8,11,14,16,19H,3-4,9-10,12-13H2,1-2H3. The first kappa shape index (κ1) is 14.6. The summed E-state index contributed by atoms with van der Waals surface area (Å²) in [7, 11) is 0. The van der Waals surface area contributed by atoms with E-state index in [1.165, 1.54) is 31.3 Å². The van der Waals surface area contributed by atoms with Gasteiger partial charge in [0.1, 0.15) is 11.3 Å². The largest absolute Gasteiger partial charge is 0.459 e. The van der Waals surface area contributed by atoms with Crippen LogP contribution in [0.1, 0.15) is 38.5 Å². The first-order chi connectivity index (χ1) is 10.3. The topological polar surface area (TPSA) is 28.4 Å². The SMILES string of the molecule is CCNC(CN1CCC(CC)C1)c1cc2ccccc2o1. The Morgan fingerprint density at radius 3 is 2.90 bits per heavy atom. The van der Waals surface area contributed by atoms with Crippen molar-refractivity contribution in [3.63, 3.8) is 0 Å². The Morgan fingerprint density at radius 1 is 1.33 bits per heavy atom. The number of nitrogens with zero attached hydrogens (tertiary/aromatic N) is 1. The van der Waals surface area contributed by atoms with Gasteiger partial charge in [0.05, 0.1) is 6.04 Å². The monoisotopic (exact) mass is 286 g/mol. The zero-order valence-corrected chi connectivity index (χ0v) is 13.1. The van der Waals surface area contributed by atoms with Gasteiger partial charge in [0, 0.05) is 18.5 Å². The minimum Gasteiger partial charge on any atom is -0.459 e. The van der Waals surface area contributed by atoms with E-state index in [0.717, 1.165) is 30.4 Å². The van der Waals surface area contributed by atoms with E-state index in [-0.39, 0.29) is 6.04 Å². The van der Waals surface area contributed by atoms with Gasteiger partial charge in [-0.25, -0.2) is 0 Å². The van der Waals surface area contributed by atoms with Crippen molar-refractivity contribution in [1.82, 2.24) is 10.2 Å². The number of hydrogen-bond acceptors (Lipinski definition) is 3. The first-order valence-corrected chi connectivity index (χ1v) is 8.24. The minimum absolute atomic E-state index is 0.290. The Kier molecular flexibility index (Phi) is 4.61. The Labute approximate surface area is 127 Å². The molecule has 3 rings (SSSR count). The third-order valence-corrected chi connectivity index (χ3v) is 4.63. The summed E-state index contributed by atoms with van der Waals surface area (Å²) in [6.45, 7) is 8.93. The molecule has 1 fully saturated rings. The Bertz CT molecular complexity index is 544. The van der Waals surface area contributed by atoms with Crippen molar-refractivity contribution >= 4 is 11.0 Å². The lowest BCUT2D eigenvalue weighted by Crippen LogP contribution is -2.33. The van der Waals surface area contributed by atoms with Crippen LogP contribution in [-0.4, -0.2) is 31.1 Å². The molecule has 0 bridgehead atoms. The second-order valence-corrected chi connectivity index (χ2v) is 6.12. The fourth-order valence-electron chi connectivity index (χ4n) is 3.35. The van der Waals surface area contributed by atoms with Gasteiger partial charge in [-0.05, 0) is 37.6 Å². The zero-order valence-electron chi connectivity index (χ0n) is 13.1. The van der Waals surface area contributed by atoms with E-state index in [2.05, 4.69) is 42.3 Å². The van der Waals surface area contributed by atoms with Crippen molar-refractivity contribution in [3.05, 3.63) is 36.1 Å². The summed E-state index contributed by atoms with van der Waals surface area (Å²) < 4.78 is 6.06. The Morgan fingerprint density at radius 2 is 2.19 bits per heavy atom. The third-order valence-electron chi connectivity index (χ3n) is 4.63. The molecule has 114 valence electrons. The lowest BCUT2D eigenvalue weighted by molar-refractivity contribution is 0.267. The molecular weight excluding hydrogens is 260 g/mol. The van der Waals surface area contributed by atoms with Crippen molar-refractivity contribution in [3.8, 4) is 0 Å². The number of nitrogens with one attached hydrogen (secondary N) is 1. The van der Waals surface area contributed by atoms with E-state index < -0.39 is 0 Å². The molecule has 0 aliphatic carbocycles. The van der Waals surface area contributed by atoms with Crippen LogP contribution in [0.4, 0.5) is 0 Å². The van der Waals surface area contributed by atoms with Gasteiger partial charge in [-0.2, -0.15) is 0 Å². The normalized spacial score (nSPS) is 21.1. The molecule has 3 heteroatoms. The van der Waals surface area contributed by atoms with Crippen LogP contribution in [0, 0.1) is 5.92 Å². The Hall–Kier alpha value is -1.32. The molecule has 2 atom stereocenters. The van der Waals surface area contributed by atoms with Gasteiger partial charge in [0.15, 0.2) is 0 Å². The average molecular weight is 286 g/mol. The van der Waals surface area contributed by atoms with Gasteiger partial charge >= 0.3 is 0 Å². The molecule has 0 spiro atoms. The maximum Gasteiger partial charge on any atom is 0.134 e. The van der Waals surface area contributed by atoms with Gasteiger partial charge in [-0.1, -0.05) is 38.5 Å². The molecule has 0 saturated carbocycles. The molecule has 1 aliphatic rings. The maximum atomic E-state index is 6.06. The van der Waals surface area contributed by atoms with Crippen LogP contribution in [0.25, 0.3) is 11.0 Å². The summed E-state index contributed by atoms with van der Waals surface area (Å²) in [4.78, 5) is 2.58. The third kappa shape index (κ3) is 3.30. The summed E-state index contributed by atoms with van der Waals surface area (Å²) in [5, 5.41) is 4.78. The summed E-state index contributed by atoms with van der Waals surface area (Å²) in [6, 6.07) is 10.7. The van der Waals surface area contributed by atoms with E-state index in [4.69, 9.17) is 4.42 Å². The minimum atomic E-state index is 0.290. The predicted octanol–water partition coefficient (Wildman–Crippen LogP) is 3.82. The molecule has 1 N–H and O–H groups in total. The van der Waals surface area contributed by atoms with Crippen LogP contribution < -0.4 is 5.32 Å². The number of likely N-dealkylation sites (tertiary alicyclic amines) is 1. The van der Waals surface area contributed by atoms with Gasteiger partial charge < -0.3 is 14.6 Å². The molecule has 0 amide bonds. The van der Waals surface area contributed by atoms with E-state index in [1.807, 2.05) is 12.1 Å². The van der Waals surface area contributed by atoms with Gasteiger partial charge in [-0.15, -0.1) is 0 Å². The number of hydrogen-bond donors (Lipinski definition) is 1. The smallest absolute Gasteiger partial charge is 0.134 e. The van der Waals surface area contributed by atoms with E-state index in [0.29, 0.717) is 0 Å². The Balaban J connectivity index is 1.74. The second kappa shape index (κ2) is 6.63. The number of furan rings is 1. The molecule has 0 radical (unpaired) electrons. The lowest BCUT2D eigenvalue weighted by atomic mass is 10.1. The van der Waals surface area contributed by atoms with Crippen LogP contribution >= 0.6 is 0 Å². The molecule has 2 heterocycles. The number of likely N-dealkylation sites (N-methyl/N-ethyl adjacent to an activating group) is 1.